The monoisotopic (exact) mass is 368 g/mol. The van der Waals surface area contributed by atoms with Crippen LogP contribution in [0.4, 0.5) is 20.2 Å². The largest absolute Gasteiger partial charge is 0.507 e. The van der Waals surface area contributed by atoms with Gasteiger partial charge in [-0.1, -0.05) is 18.2 Å². The van der Waals surface area contributed by atoms with Crippen molar-refractivity contribution in [2.75, 3.05) is 10.6 Å². The van der Waals surface area contributed by atoms with E-state index in [2.05, 4.69) is 10.6 Å². The number of anilines is 2. The van der Waals surface area contributed by atoms with Crippen LogP contribution in [-0.4, -0.2) is 16.9 Å². The molecule has 5 nitrogen and oxygen atoms in total. The Morgan fingerprint density at radius 3 is 2.00 bits per heavy atom. The van der Waals surface area contributed by atoms with Gasteiger partial charge < -0.3 is 15.7 Å². The maximum Gasteiger partial charge on any atom is 0.259 e. The van der Waals surface area contributed by atoms with E-state index in [0.717, 1.165) is 12.1 Å². The first-order chi connectivity index (χ1) is 12.9. The Balaban J connectivity index is 1.74. The van der Waals surface area contributed by atoms with Crippen molar-refractivity contribution in [3.05, 3.63) is 89.5 Å². The van der Waals surface area contributed by atoms with Gasteiger partial charge >= 0.3 is 0 Å². The van der Waals surface area contributed by atoms with Crippen LogP contribution >= 0.6 is 0 Å². The van der Waals surface area contributed by atoms with E-state index in [9.17, 15) is 23.5 Å². The number of hydrogen-bond acceptors (Lipinski definition) is 3. The highest BCUT2D eigenvalue weighted by molar-refractivity contribution is 6.07. The highest BCUT2D eigenvalue weighted by Gasteiger charge is 2.14. The topological polar surface area (TPSA) is 78.4 Å². The molecule has 7 heteroatoms. The highest BCUT2D eigenvalue weighted by atomic mass is 19.1. The zero-order valence-electron chi connectivity index (χ0n) is 13.9. The van der Waals surface area contributed by atoms with Crippen molar-refractivity contribution in [3.63, 3.8) is 0 Å². The number of carbonyl (C=O) groups is 2. The molecule has 2 amide bonds. The zero-order chi connectivity index (χ0) is 19.4. The Labute approximate surface area is 153 Å². The van der Waals surface area contributed by atoms with Crippen LogP contribution in [0, 0.1) is 11.6 Å². The third-order valence-electron chi connectivity index (χ3n) is 3.66. The average Bonchev–Trinajstić information content (AvgIpc) is 2.61. The Hall–Kier alpha value is -3.74. The van der Waals surface area contributed by atoms with Gasteiger partial charge in [0.05, 0.1) is 5.56 Å². The number of hydrogen-bond donors (Lipinski definition) is 3. The van der Waals surface area contributed by atoms with Gasteiger partial charge in [0.15, 0.2) is 0 Å². The lowest BCUT2D eigenvalue weighted by Gasteiger charge is -2.10. The van der Waals surface area contributed by atoms with E-state index in [1.54, 1.807) is 30.3 Å². The first kappa shape index (κ1) is 18.1. The van der Waals surface area contributed by atoms with Gasteiger partial charge in [0.1, 0.15) is 17.4 Å². The summed E-state index contributed by atoms with van der Waals surface area (Å²) in [5.41, 5.74) is 0.525. The summed E-state index contributed by atoms with van der Waals surface area (Å²) in [4.78, 5) is 24.3. The second-order valence-corrected chi connectivity index (χ2v) is 5.66. The predicted octanol–water partition coefficient (Wildman–Crippen LogP) is 4.18. The molecule has 0 unspecified atom stereocenters. The maximum atomic E-state index is 13.2. The van der Waals surface area contributed by atoms with Crippen molar-refractivity contribution in [1.29, 1.82) is 0 Å². The summed E-state index contributed by atoms with van der Waals surface area (Å²) in [6, 6.07) is 15.0. The standard InChI is InChI=1S/C20H14F2N2O3/c21-13-8-12(9-14(22)10-13)19(26)24-16-6-7-17(18(25)11-16)20(27)23-15-4-2-1-3-5-15/h1-11,25H,(H,23,27)(H,24,26). The molecule has 0 aliphatic carbocycles. The van der Waals surface area contributed by atoms with Crippen LogP contribution in [0.3, 0.4) is 0 Å². The van der Waals surface area contributed by atoms with Crippen molar-refractivity contribution >= 4 is 23.2 Å². The number of para-hydroxylation sites is 1. The van der Waals surface area contributed by atoms with E-state index in [4.69, 9.17) is 0 Å². The molecule has 3 aromatic rings. The number of nitrogens with one attached hydrogen (secondary N) is 2. The predicted molar refractivity (Wildman–Crippen MR) is 96.8 cm³/mol. The first-order valence-corrected chi connectivity index (χ1v) is 7.89. The van der Waals surface area contributed by atoms with Gasteiger partial charge in [-0.2, -0.15) is 0 Å². The number of halogens is 2. The minimum Gasteiger partial charge on any atom is -0.507 e. The van der Waals surface area contributed by atoms with Gasteiger partial charge in [0, 0.05) is 29.1 Å². The van der Waals surface area contributed by atoms with Gasteiger partial charge in [-0.25, -0.2) is 8.78 Å². The van der Waals surface area contributed by atoms with Crippen LogP contribution in [0.15, 0.2) is 66.7 Å². The minimum atomic E-state index is -0.879. The minimum absolute atomic E-state index is 0.00801. The van der Waals surface area contributed by atoms with E-state index in [-0.39, 0.29) is 22.6 Å². The van der Waals surface area contributed by atoms with Crippen LogP contribution in [-0.2, 0) is 0 Å². The fourth-order valence-corrected chi connectivity index (χ4v) is 2.41. The van der Waals surface area contributed by atoms with Gasteiger partial charge in [-0.15, -0.1) is 0 Å². The average molecular weight is 368 g/mol. The van der Waals surface area contributed by atoms with Gasteiger partial charge in [-0.3, -0.25) is 9.59 Å². The molecule has 3 aromatic carbocycles. The maximum absolute atomic E-state index is 13.2. The van der Waals surface area contributed by atoms with E-state index in [0.29, 0.717) is 11.8 Å². The second-order valence-electron chi connectivity index (χ2n) is 5.66. The summed E-state index contributed by atoms with van der Waals surface area (Å²) in [6.07, 6.45) is 0. The van der Waals surface area contributed by atoms with Crippen molar-refractivity contribution in [1.82, 2.24) is 0 Å². The van der Waals surface area contributed by atoms with E-state index in [1.807, 2.05) is 0 Å². The molecule has 136 valence electrons. The van der Waals surface area contributed by atoms with Crippen LogP contribution in [0.2, 0.25) is 0 Å². The number of aromatic hydroxyl groups is 1. The number of amides is 2. The molecule has 0 heterocycles. The molecule has 0 radical (unpaired) electrons. The normalized spacial score (nSPS) is 10.3. The third kappa shape index (κ3) is 4.46. The Bertz CT molecular complexity index is 987. The Kier molecular flexibility index (Phi) is 5.12. The molecular formula is C20H14F2N2O3. The lowest BCUT2D eigenvalue weighted by molar-refractivity contribution is 0.101. The lowest BCUT2D eigenvalue weighted by atomic mass is 10.1. The summed E-state index contributed by atoms with van der Waals surface area (Å²) < 4.78 is 26.4. The number of phenolic OH excluding ortho intramolecular Hbond substituents is 1. The van der Waals surface area contributed by atoms with Gasteiger partial charge in [0.25, 0.3) is 11.8 Å². The van der Waals surface area contributed by atoms with Gasteiger partial charge in [0.2, 0.25) is 0 Å². The molecule has 3 rings (SSSR count). The van der Waals surface area contributed by atoms with E-state index < -0.39 is 23.4 Å². The number of benzene rings is 3. The summed E-state index contributed by atoms with van der Waals surface area (Å²) in [5, 5.41) is 15.1. The number of phenols is 1. The van der Waals surface area contributed by atoms with E-state index in [1.165, 1.54) is 18.2 Å². The second kappa shape index (κ2) is 7.65. The van der Waals surface area contributed by atoms with Crippen molar-refractivity contribution in [3.8, 4) is 5.75 Å². The quantitative estimate of drug-likeness (QED) is 0.647. The van der Waals surface area contributed by atoms with Crippen LogP contribution in [0.1, 0.15) is 20.7 Å². The zero-order valence-corrected chi connectivity index (χ0v) is 13.9. The summed E-state index contributed by atoms with van der Waals surface area (Å²) in [7, 11) is 0. The molecule has 3 N–H and O–H groups in total. The molecule has 0 fully saturated rings. The Morgan fingerprint density at radius 2 is 1.37 bits per heavy atom. The fourth-order valence-electron chi connectivity index (χ4n) is 2.41. The van der Waals surface area contributed by atoms with Crippen molar-refractivity contribution in [2.45, 2.75) is 0 Å². The number of rotatable bonds is 4. The molecule has 0 aliphatic rings. The van der Waals surface area contributed by atoms with Gasteiger partial charge in [-0.05, 0) is 36.4 Å². The van der Waals surface area contributed by atoms with Crippen molar-refractivity contribution in [2.24, 2.45) is 0 Å². The van der Waals surface area contributed by atoms with Crippen LogP contribution < -0.4 is 10.6 Å². The molecule has 0 aromatic heterocycles. The molecule has 0 saturated heterocycles. The summed E-state index contributed by atoms with van der Waals surface area (Å²) in [6.45, 7) is 0. The summed E-state index contributed by atoms with van der Waals surface area (Å²) in [5.74, 6) is -3.39. The van der Waals surface area contributed by atoms with E-state index >= 15 is 0 Å². The lowest BCUT2D eigenvalue weighted by Crippen LogP contribution is -2.14. The third-order valence-corrected chi connectivity index (χ3v) is 3.66. The highest BCUT2D eigenvalue weighted by Crippen LogP contribution is 2.24. The fraction of sp³-hybridized carbons (Fsp3) is 0. The molecule has 0 atom stereocenters. The molecule has 27 heavy (non-hydrogen) atoms. The van der Waals surface area contributed by atoms with Crippen molar-refractivity contribution < 1.29 is 23.5 Å². The smallest absolute Gasteiger partial charge is 0.259 e. The summed E-state index contributed by atoms with van der Waals surface area (Å²) >= 11 is 0. The molecular weight excluding hydrogens is 354 g/mol. The number of carbonyl (C=O) groups excluding carboxylic acids is 2. The molecule has 0 aliphatic heterocycles. The van der Waals surface area contributed by atoms with Crippen LogP contribution in [0.25, 0.3) is 0 Å². The molecule has 0 spiro atoms. The Morgan fingerprint density at radius 1 is 0.741 bits per heavy atom. The first-order valence-electron chi connectivity index (χ1n) is 7.89. The molecule has 0 bridgehead atoms. The van der Waals surface area contributed by atoms with Crippen LogP contribution in [0.5, 0.6) is 5.75 Å². The molecule has 0 saturated carbocycles. The SMILES string of the molecule is O=C(Nc1ccc(C(=O)Nc2ccccc2)c(O)c1)c1cc(F)cc(F)c1.